The van der Waals surface area contributed by atoms with E-state index in [-0.39, 0.29) is 41.6 Å². The number of fused-ring (bicyclic) bond motifs is 4. The summed E-state index contributed by atoms with van der Waals surface area (Å²) in [5, 5.41) is 3.66. The lowest BCUT2D eigenvalue weighted by Gasteiger charge is -2.37. The normalized spacial score (nSPS) is 30.9. The fraction of sp³-hybridized carbons (Fsp3) is 0.633. The number of nitrogens with zero attached hydrogens (tertiary/aromatic N) is 4. The molecule has 1 aromatic carbocycles. The Morgan fingerprint density at radius 1 is 1.27 bits per heavy atom. The Kier molecular flexibility index (Phi) is 6.67. The van der Waals surface area contributed by atoms with Gasteiger partial charge in [-0.3, -0.25) is 9.69 Å². The van der Waals surface area contributed by atoms with Gasteiger partial charge in [-0.2, -0.15) is 9.97 Å². The van der Waals surface area contributed by atoms with Gasteiger partial charge in [0, 0.05) is 61.2 Å². The van der Waals surface area contributed by atoms with Crippen LogP contribution in [0.25, 0.3) is 0 Å². The van der Waals surface area contributed by atoms with Gasteiger partial charge >= 0.3 is 6.01 Å². The lowest BCUT2D eigenvalue weighted by Crippen LogP contribution is -2.52. The van der Waals surface area contributed by atoms with Crippen molar-refractivity contribution >= 4 is 17.3 Å². The van der Waals surface area contributed by atoms with E-state index >= 15 is 4.39 Å². The number of halogens is 2. The second kappa shape index (κ2) is 10.1. The lowest BCUT2D eigenvalue weighted by atomic mass is 9.90. The van der Waals surface area contributed by atoms with Crippen LogP contribution in [0.3, 0.4) is 0 Å². The van der Waals surface area contributed by atoms with Crippen LogP contribution in [-0.4, -0.2) is 77.2 Å². The molecule has 4 saturated heterocycles. The third-order valence-electron chi connectivity index (χ3n) is 9.80. The van der Waals surface area contributed by atoms with Crippen molar-refractivity contribution in [3.63, 3.8) is 0 Å². The smallest absolute Gasteiger partial charge is 0.318 e. The van der Waals surface area contributed by atoms with Crippen LogP contribution in [0.1, 0.15) is 77.9 Å². The van der Waals surface area contributed by atoms with Gasteiger partial charge in [-0.05, 0) is 57.7 Å². The number of aromatic nitrogens is 2. The van der Waals surface area contributed by atoms with Crippen molar-refractivity contribution in [3.05, 3.63) is 39.8 Å². The van der Waals surface area contributed by atoms with E-state index in [1.807, 2.05) is 0 Å². The molecule has 41 heavy (non-hydrogen) atoms. The van der Waals surface area contributed by atoms with Gasteiger partial charge in [0.1, 0.15) is 18.6 Å². The number of hydrogen-bond acceptors (Lipinski definition) is 9. The minimum Gasteiger partial charge on any atom is -0.461 e. The third kappa shape index (κ3) is 4.66. The van der Waals surface area contributed by atoms with Crippen LogP contribution in [0.5, 0.6) is 6.01 Å². The number of ether oxygens (including phenoxy) is 2. The summed E-state index contributed by atoms with van der Waals surface area (Å²) >= 11 is 0. The van der Waals surface area contributed by atoms with Crippen molar-refractivity contribution < 1.29 is 23.0 Å². The lowest BCUT2D eigenvalue weighted by molar-refractivity contribution is 0.0226. The van der Waals surface area contributed by atoms with Crippen LogP contribution < -0.4 is 20.7 Å². The number of ketones is 1. The first-order valence-electron chi connectivity index (χ1n) is 14.8. The van der Waals surface area contributed by atoms with Crippen LogP contribution in [0, 0.1) is 12.7 Å². The van der Waals surface area contributed by atoms with Crippen LogP contribution in [0.2, 0.25) is 0 Å². The van der Waals surface area contributed by atoms with Gasteiger partial charge in [0.2, 0.25) is 0 Å². The summed E-state index contributed by atoms with van der Waals surface area (Å²) in [6, 6.07) is 2.54. The van der Waals surface area contributed by atoms with Gasteiger partial charge in [-0.1, -0.05) is 0 Å². The first kappa shape index (κ1) is 27.0. The summed E-state index contributed by atoms with van der Waals surface area (Å²) in [6.07, 6.45) is 3.31. The summed E-state index contributed by atoms with van der Waals surface area (Å²) < 4.78 is 42.5. The van der Waals surface area contributed by atoms with Crippen molar-refractivity contribution in [2.75, 3.05) is 43.4 Å². The molecular weight excluding hydrogens is 530 g/mol. The molecule has 5 aliphatic rings. The van der Waals surface area contributed by atoms with E-state index in [2.05, 4.69) is 15.1 Å². The Labute approximate surface area is 238 Å². The Hall–Kier alpha value is -2.89. The first-order valence-corrected chi connectivity index (χ1v) is 14.8. The number of benzene rings is 1. The Morgan fingerprint density at radius 3 is 2.80 bits per heavy atom. The number of rotatable bonds is 6. The van der Waals surface area contributed by atoms with Crippen molar-refractivity contribution in [2.24, 2.45) is 0 Å². The molecule has 5 atom stereocenters. The zero-order valence-electron chi connectivity index (χ0n) is 23.7. The van der Waals surface area contributed by atoms with E-state index in [0.717, 1.165) is 62.4 Å². The predicted octanol–water partition coefficient (Wildman–Crippen LogP) is 3.42. The number of nitrogens with one attached hydrogen (secondary N) is 1. The SMILES string of the molecule is CC(=O)c1c(C)cc(N)c(F)c1C1Cc2nc(OC[C@@]34CCCN3C[C@H](F)C4)nc(N3CC4CCC(C3)N4)c2CO1. The molecule has 0 spiro atoms. The topological polar surface area (TPSA) is 106 Å². The molecule has 3 N–H and O–H groups in total. The fourth-order valence-corrected chi connectivity index (χ4v) is 7.98. The Morgan fingerprint density at radius 2 is 2.05 bits per heavy atom. The molecule has 5 aliphatic heterocycles. The number of nitrogen functional groups attached to an aromatic ring is 1. The number of piperazine rings is 1. The van der Waals surface area contributed by atoms with Gasteiger partial charge in [0.25, 0.3) is 0 Å². The highest BCUT2D eigenvalue weighted by molar-refractivity contribution is 5.97. The minimum atomic E-state index is -0.847. The van der Waals surface area contributed by atoms with Gasteiger partial charge in [-0.15, -0.1) is 0 Å². The molecule has 9 nitrogen and oxygen atoms in total. The zero-order chi connectivity index (χ0) is 28.5. The molecule has 0 amide bonds. The molecule has 3 unspecified atom stereocenters. The standard InChI is InChI=1S/C30H38F2N6O3/c1-16-8-22(33)27(32)26(25(16)17(2)39)24-9-23-21(14-40-24)28(37-12-19-4-5-20(13-37)34-19)36-29(35-23)41-15-30-6-3-7-38(30)11-18(31)10-30/h8,18-20,24,34H,3-7,9-15,33H2,1-2H3/t18-,19?,20?,24?,30+/m1/s1. The van der Waals surface area contributed by atoms with Crippen molar-refractivity contribution in [3.8, 4) is 6.01 Å². The number of nitrogens with two attached hydrogens (primary N) is 1. The number of carbonyl (C=O) groups is 1. The van der Waals surface area contributed by atoms with Crippen molar-refractivity contribution in [1.82, 2.24) is 20.2 Å². The summed E-state index contributed by atoms with van der Waals surface area (Å²) in [4.78, 5) is 26.8. The van der Waals surface area contributed by atoms with Gasteiger partial charge in [0.15, 0.2) is 11.6 Å². The Bertz CT molecular complexity index is 1380. The Balaban J connectivity index is 1.24. The van der Waals surface area contributed by atoms with Gasteiger partial charge in [-0.25, -0.2) is 8.78 Å². The number of anilines is 2. The molecular formula is C30H38F2N6O3. The van der Waals surface area contributed by atoms with Gasteiger partial charge < -0.3 is 25.4 Å². The van der Waals surface area contributed by atoms with E-state index in [9.17, 15) is 9.18 Å². The van der Waals surface area contributed by atoms with E-state index in [4.69, 9.17) is 25.2 Å². The maximum Gasteiger partial charge on any atom is 0.318 e. The average molecular weight is 569 g/mol. The second-order valence-electron chi connectivity index (χ2n) is 12.6. The summed E-state index contributed by atoms with van der Waals surface area (Å²) in [5.74, 6) is -0.0767. The molecule has 2 aromatic rings. The molecule has 0 radical (unpaired) electrons. The molecule has 0 saturated carbocycles. The molecule has 0 aliphatic carbocycles. The number of carbonyl (C=O) groups excluding carboxylic acids is 1. The first-order chi connectivity index (χ1) is 19.7. The van der Waals surface area contributed by atoms with E-state index < -0.39 is 18.1 Å². The highest BCUT2D eigenvalue weighted by atomic mass is 19.1. The largest absolute Gasteiger partial charge is 0.461 e. The molecule has 4 fully saturated rings. The summed E-state index contributed by atoms with van der Waals surface area (Å²) in [6.45, 7) is 6.67. The molecule has 6 heterocycles. The number of hydrogen-bond donors (Lipinski definition) is 2. The van der Waals surface area contributed by atoms with E-state index in [1.165, 1.54) is 13.0 Å². The number of aryl methyl sites for hydroxylation is 1. The molecule has 1 aromatic heterocycles. The quantitative estimate of drug-likeness (QED) is 0.401. The van der Waals surface area contributed by atoms with Crippen molar-refractivity contribution in [1.29, 1.82) is 0 Å². The predicted molar refractivity (Wildman–Crippen MR) is 150 cm³/mol. The number of alkyl halides is 1. The molecule has 11 heteroatoms. The molecule has 220 valence electrons. The minimum absolute atomic E-state index is 0.0105. The van der Waals surface area contributed by atoms with Crippen molar-refractivity contribution in [2.45, 2.75) is 88.9 Å². The third-order valence-corrected chi connectivity index (χ3v) is 9.80. The van der Waals surface area contributed by atoms with Crippen LogP contribution in [0.4, 0.5) is 20.3 Å². The maximum atomic E-state index is 15.5. The molecule has 2 bridgehead atoms. The van der Waals surface area contributed by atoms with E-state index in [0.29, 0.717) is 42.8 Å². The van der Waals surface area contributed by atoms with Crippen LogP contribution >= 0.6 is 0 Å². The summed E-state index contributed by atoms with van der Waals surface area (Å²) in [7, 11) is 0. The fourth-order valence-electron chi connectivity index (χ4n) is 7.98. The van der Waals surface area contributed by atoms with Gasteiger partial charge in [0.05, 0.1) is 29.6 Å². The van der Waals surface area contributed by atoms with Crippen LogP contribution in [0.15, 0.2) is 6.07 Å². The summed E-state index contributed by atoms with van der Waals surface area (Å²) in [5.41, 5.74) is 8.35. The number of Topliss-reactive ketones (excluding diaryl/α,β-unsaturated/α-hetero) is 1. The second-order valence-corrected chi connectivity index (χ2v) is 12.6. The monoisotopic (exact) mass is 568 g/mol. The zero-order valence-corrected chi connectivity index (χ0v) is 23.7. The highest BCUT2D eigenvalue weighted by Crippen LogP contribution is 2.42. The van der Waals surface area contributed by atoms with Crippen LogP contribution in [-0.2, 0) is 17.8 Å². The van der Waals surface area contributed by atoms with E-state index in [1.54, 1.807) is 6.92 Å². The highest BCUT2D eigenvalue weighted by Gasteiger charge is 2.49. The maximum absolute atomic E-state index is 15.5. The average Bonchev–Trinajstić information content (AvgIpc) is 3.58. The molecule has 7 rings (SSSR count).